The predicted molar refractivity (Wildman–Crippen MR) is 67.3 cm³/mol. The molecule has 0 radical (unpaired) electrons. The molecule has 0 aliphatic heterocycles. The Balaban J connectivity index is 2.05. The molecule has 2 N–H and O–H groups in total. The Labute approximate surface area is 107 Å². The predicted octanol–water partition coefficient (Wildman–Crippen LogP) is 2.52. The Bertz CT molecular complexity index is 712. The number of nitrogens with two attached hydrogens (primary N) is 1. The summed E-state index contributed by atoms with van der Waals surface area (Å²) >= 11 is 0. The van der Waals surface area contributed by atoms with E-state index in [1.807, 2.05) is 0 Å². The van der Waals surface area contributed by atoms with Gasteiger partial charge in [-0.1, -0.05) is 11.2 Å². The second kappa shape index (κ2) is 4.49. The summed E-state index contributed by atoms with van der Waals surface area (Å²) in [6, 6.07) is 7.95. The van der Waals surface area contributed by atoms with Gasteiger partial charge >= 0.3 is 0 Å². The summed E-state index contributed by atoms with van der Waals surface area (Å²) in [5.41, 5.74) is 6.79. The van der Waals surface area contributed by atoms with Crippen LogP contribution in [0, 0.1) is 5.82 Å². The first-order valence-electron chi connectivity index (χ1n) is 5.54. The minimum absolute atomic E-state index is 0.00701. The van der Waals surface area contributed by atoms with Crippen molar-refractivity contribution < 1.29 is 8.91 Å². The Morgan fingerprint density at radius 3 is 2.68 bits per heavy atom. The normalized spacial score (nSPS) is 10.6. The molecule has 94 valence electrons. The van der Waals surface area contributed by atoms with Crippen LogP contribution in [-0.4, -0.2) is 15.1 Å². The molecular formula is C13H9FN4O. The number of aromatic nitrogens is 3. The molecule has 0 spiro atoms. The second-order valence-corrected chi connectivity index (χ2v) is 3.86. The maximum atomic E-state index is 13.4. The van der Waals surface area contributed by atoms with Crippen LogP contribution >= 0.6 is 0 Å². The number of benzene rings is 1. The van der Waals surface area contributed by atoms with Crippen LogP contribution in [0.2, 0.25) is 0 Å². The van der Waals surface area contributed by atoms with Crippen LogP contribution < -0.4 is 5.73 Å². The third-order valence-electron chi connectivity index (χ3n) is 2.65. The van der Waals surface area contributed by atoms with Crippen molar-refractivity contribution in [1.29, 1.82) is 0 Å². The van der Waals surface area contributed by atoms with Crippen LogP contribution in [0.15, 0.2) is 47.2 Å². The SMILES string of the molecule is Nc1c(F)cccc1-c1nc(-c2ccncc2)no1. The summed E-state index contributed by atoms with van der Waals surface area (Å²) in [7, 11) is 0. The van der Waals surface area contributed by atoms with Crippen LogP contribution in [0.5, 0.6) is 0 Å². The van der Waals surface area contributed by atoms with Gasteiger partial charge in [-0.15, -0.1) is 0 Å². The monoisotopic (exact) mass is 256 g/mol. The minimum atomic E-state index is -0.513. The van der Waals surface area contributed by atoms with Gasteiger partial charge in [0.1, 0.15) is 5.82 Å². The number of anilines is 1. The number of halogens is 1. The molecule has 19 heavy (non-hydrogen) atoms. The van der Waals surface area contributed by atoms with Crippen molar-refractivity contribution in [3.8, 4) is 22.8 Å². The van der Waals surface area contributed by atoms with Crippen molar-refractivity contribution in [1.82, 2.24) is 15.1 Å². The Morgan fingerprint density at radius 1 is 1.11 bits per heavy atom. The van der Waals surface area contributed by atoms with Crippen LogP contribution in [0.4, 0.5) is 10.1 Å². The van der Waals surface area contributed by atoms with E-state index < -0.39 is 5.82 Å². The molecule has 2 aromatic heterocycles. The molecular weight excluding hydrogens is 247 g/mol. The fourth-order valence-electron chi connectivity index (χ4n) is 1.67. The smallest absolute Gasteiger partial charge is 0.260 e. The average Bonchev–Trinajstić information content (AvgIpc) is 2.92. The fraction of sp³-hybridized carbons (Fsp3) is 0. The van der Waals surface area contributed by atoms with E-state index in [2.05, 4.69) is 15.1 Å². The zero-order valence-electron chi connectivity index (χ0n) is 9.75. The molecule has 0 amide bonds. The summed E-state index contributed by atoms with van der Waals surface area (Å²) in [6.45, 7) is 0. The summed E-state index contributed by atoms with van der Waals surface area (Å²) in [5.74, 6) is 0.0750. The minimum Gasteiger partial charge on any atom is -0.396 e. The van der Waals surface area contributed by atoms with Gasteiger partial charge in [0.25, 0.3) is 5.89 Å². The summed E-state index contributed by atoms with van der Waals surface area (Å²) in [5, 5.41) is 3.84. The van der Waals surface area contributed by atoms with Gasteiger partial charge in [0.15, 0.2) is 0 Å². The number of nitrogens with zero attached hydrogens (tertiary/aromatic N) is 3. The van der Waals surface area contributed by atoms with E-state index in [1.165, 1.54) is 12.1 Å². The van der Waals surface area contributed by atoms with E-state index >= 15 is 0 Å². The molecule has 0 saturated heterocycles. The number of nitrogen functional groups attached to an aromatic ring is 1. The lowest BCUT2D eigenvalue weighted by atomic mass is 10.1. The lowest BCUT2D eigenvalue weighted by Crippen LogP contribution is -1.94. The molecule has 0 aliphatic rings. The molecule has 0 saturated carbocycles. The quantitative estimate of drug-likeness (QED) is 0.713. The maximum absolute atomic E-state index is 13.4. The van der Waals surface area contributed by atoms with Gasteiger partial charge in [0.05, 0.1) is 11.3 Å². The average molecular weight is 256 g/mol. The van der Waals surface area contributed by atoms with E-state index in [1.54, 1.807) is 30.6 Å². The van der Waals surface area contributed by atoms with E-state index in [0.717, 1.165) is 5.56 Å². The number of rotatable bonds is 2. The number of hydrogen-bond acceptors (Lipinski definition) is 5. The van der Waals surface area contributed by atoms with Crippen LogP contribution in [0.1, 0.15) is 0 Å². The molecule has 0 fully saturated rings. The fourth-order valence-corrected chi connectivity index (χ4v) is 1.67. The third kappa shape index (κ3) is 2.03. The van der Waals surface area contributed by atoms with E-state index in [9.17, 15) is 4.39 Å². The molecule has 1 aromatic carbocycles. The lowest BCUT2D eigenvalue weighted by molar-refractivity contribution is 0.432. The molecule has 2 heterocycles. The lowest BCUT2D eigenvalue weighted by Gasteiger charge is -2.00. The standard InChI is InChI=1S/C13H9FN4O/c14-10-3-1-2-9(11(10)15)13-17-12(18-19-13)8-4-6-16-7-5-8/h1-7H,15H2. The highest BCUT2D eigenvalue weighted by Gasteiger charge is 2.14. The Hall–Kier alpha value is -2.76. The van der Waals surface area contributed by atoms with Crippen LogP contribution in [0.25, 0.3) is 22.8 Å². The van der Waals surface area contributed by atoms with E-state index in [0.29, 0.717) is 11.4 Å². The highest BCUT2D eigenvalue weighted by Crippen LogP contribution is 2.28. The van der Waals surface area contributed by atoms with Gasteiger partial charge < -0.3 is 10.3 Å². The first kappa shape index (κ1) is 11.3. The largest absolute Gasteiger partial charge is 0.396 e. The maximum Gasteiger partial charge on any atom is 0.260 e. The highest BCUT2D eigenvalue weighted by atomic mass is 19.1. The molecule has 6 heteroatoms. The number of pyridine rings is 1. The molecule has 5 nitrogen and oxygen atoms in total. The summed E-state index contributed by atoms with van der Waals surface area (Å²) < 4.78 is 18.5. The Morgan fingerprint density at radius 2 is 1.89 bits per heavy atom. The van der Waals surface area contributed by atoms with Gasteiger partial charge in [-0.25, -0.2) is 4.39 Å². The molecule has 0 bridgehead atoms. The third-order valence-corrected chi connectivity index (χ3v) is 2.65. The summed E-state index contributed by atoms with van der Waals surface area (Å²) in [4.78, 5) is 8.11. The van der Waals surface area contributed by atoms with Crippen LogP contribution in [0.3, 0.4) is 0 Å². The first-order valence-corrected chi connectivity index (χ1v) is 5.54. The zero-order valence-corrected chi connectivity index (χ0v) is 9.75. The van der Waals surface area contributed by atoms with E-state index in [4.69, 9.17) is 10.3 Å². The molecule has 0 unspecified atom stereocenters. The van der Waals surface area contributed by atoms with Gasteiger partial charge in [-0.2, -0.15) is 4.98 Å². The highest BCUT2D eigenvalue weighted by molar-refractivity contribution is 5.71. The molecule has 0 aliphatic carbocycles. The topological polar surface area (TPSA) is 77.8 Å². The molecule has 0 atom stereocenters. The van der Waals surface area contributed by atoms with Crippen molar-refractivity contribution in [3.05, 3.63) is 48.5 Å². The van der Waals surface area contributed by atoms with Crippen molar-refractivity contribution in [2.24, 2.45) is 0 Å². The molecule has 3 aromatic rings. The van der Waals surface area contributed by atoms with Crippen molar-refractivity contribution in [2.75, 3.05) is 5.73 Å². The van der Waals surface area contributed by atoms with Crippen molar-refractivity contribution in [2.45, 2.75) is 0 Å². The summed E-state index contributed by atoms with van der Waals surface area (Å²) in [6.07, 6.45) is 3.25. The Kier molecular flexibility index (Phi) is 2.68. The van der Waals surface area contributed by atoms with Gasteiger partial charge in [-0.3, -0.25) is 4.98 Å². The van der Waals surface area contributed by atoms with Gasteiger partial charge in [0, 0.05) is 18.0 Å². The van der Waals surface area contributed by atoms with Crippen molar-refractivity contribution in [3.63, 3.8) is 0 Å². The van der Waals surface area contributed by atoms with Gasteiger partial charge in [-0.05, 0) is 24.3 Å². The van der Waals surface area contributed by atoms with Crippen LogP contribution in [-0.2, 0) is 0 Å². The zero-order chi connectivity index (χ0) is 13.2. The molecule has 3 rings (SSSR count). The van der Waals surface area contributed by atoms with Gasteiger partial charge in [0.2, 0.25) is 5.82 Å². The second-order valence-electron chi connectivity index (χ2n) is 3.86. The van der Waals surface area contributed by atoms with E-state index in [-0.39, 0.29) is 11.6 Å². The van der Waals surface area contributed by atoms with Crippen molar-refractivity contribution >= 4 is 5.69 Å². The first-order chi connectivity index (χ1) is 9.25. The number of para-hydroxylation sites is 1. The number of hydrogen-bond donors (Lipinski definition) is 1.